The van der Waals surface area contributed by atoms with Crippen LogP contribution in [0.25, 0.3) is 0 Å². The first-order valence-corrected chi connectivity index (χ1v) is 7.33. The van der Waals surface area contributed by atoms with Crippen molar-refractivity contribution in [3.8, 4) is 5.75 Å². The molecule has 0 aliphatic carbocycles. The fourth-order valence-electron chi connectivity index (χ4n) is 2.85. The zero-order chi connectivity index (χ0) is 16.1. The molecule has 1 aliphatic rings. The molecule has 1 fully saturated rings. The molecule has 1 saturated heterocycles. The summed E-state index contributed by atoms with van der Waals surface area (Å²) in [5.41, 5.74) is 0.290. The number of hydrogen-bond donors (Lipinski definition) is 1. The lowest BCUT2D eigenvalue weighted by atomic mass is 9.97. The van der Waals surface area contributed by atoms with E-state index < -0.39 is 4.92 Å². The van der Waals surface area contributed by atoms with Gasteiger partial charge in [-0.3, -0.25) is 14.9 Å². The number of nitro groups is 1. The average molecular weight is 344 g/mol. The van der Waals surface area contributed by atoms with E-state index in [0.717, 1.165) is 25.9 Å². The number of ether oxygens (including phenoxy) is 1. The minimum Gasteiger partial charge on any atom is -0.490 e. The number of halogens is 1. The number of benzene rings is 1. The highest BCUT2D eigenvalue weighted by molar-refractivity contribution is 5.95. The van der Waals surface area contributed by atoms with E-state index >= 15 is 0 Å². The molecule has 0 spiro atoms. The van der Waals surface area contributed by atoms with Crippen LogP contribution in [0, 0.1) is 16.0 Å². The van der Waals surface area contributed by atoms with Gasteiger partial charge < -0.3 is 15.0 Å². The van der Waals surface area contributed by atoms with Crippen molar-refractivity contribution in [2.75, 3.05) is 33.8 Å². The molecular weight excluding hydrogens is 322 g/mol. The van der Waals surface area contributed by atoms with Gasteiger partial charge in [0.1, 0.15) is 0 Å². The number of nitro benzene ring substituents is 1. The first-order chi connectivity index (χ1) is 10.6. The van der Waals surface area contributed by atoms with Crippen molar-refractivity contribution in [3.05, 3.63) is 33.9 Å². The lowest BCUT2D eigenvalue weighted by molar-refractivity contribution is -0.385. The Morgan fingerprint density at radius 1 is 1.52 bits per heavy atom. The van der Waals surface area contributed by atoms with Crippen LogP contribution in [-0.2, 0) is 0 Å². The Balaban J connectivity index is 0.00000264. The van der Waals surface area contributed by atoms with Gasteiger partial charge in [-0.15, -0.1) is 12.4 Å². The second kappa shape index (κ2) is 8.69. The van der Waals surface area contributed by atoms with Crippen LogP contribution in [0.5, 0.6) is 5.75 Å². The average Bonchev–Trinajstić information content (AvgIpc) is 2.54. The van der Waals surface area contributed by atoms with Gasteiger partial charge in [0, 0.05) is 30.8 Å². The first kappa shape index (κ1) is 19.2. The van der Waals surface area contributed by atoms with Crippen LogP contribution in [-0.4, -0.2) is 49.5 Å². The van der Waals surface area contributed by atoms with Crippen LogP contribution >= 0.6 is 12.4 Å². The van der Waals surface area contributed by atoms with Gasteiger partial charge in [0.25, 0.3) is 5.91 Å². The zero-order valence-electron chi connectivity index (χ0n) is 13.3. The topological polar surface area (TPSA) is 84.7 Å². The SMILES string of the molecule is CNCC1CCCN(C(=O)c2ccc([N+](=O)[O-])c(OC)c2)C1.Cl. The fourth-order valence-corrected chi connectivity index (χ4v) is 2.85. The summed E-state index contributed by atoms with van der Waals surface area (Å²) >= 11 is 0. The smallest absolute Gasteiger partial charge is 0.310 e. The maximum atomic E-state index is 12.6. The lowest BCUT2D eigenvalue weighted by Gasteiger charge is -2.32. The Hall–Kier alpha value is -1.86. The molecule has 7 nitrogen and oxygen atoms in total. The number of nitrogens with one attached hydrogen (secondary N) is 1. The van der Waals surface area contributed by atoms with E-state index in [0.29, 0.717) is 18.0 Å². The lowest BCUT2D eigenvalue weighted by Crippen LogP contribution is -2.42. The molecule has 1 N–H and O–H groups in total. The second-order valence-corrected chi connectivity index (χ2v) is 5.46. The Bertz CT molecular complexity index is 566. The molecule has 1 aliphatic heterocycles. The maximum Gasteiger partial charge on any atom is 0.310 e. The summed E-state index contributed by atoms with van der Waals surface area (Å²) in [7, 11) is 3.27. The van der Waals surface area contributed by atoms with Gasteiger partial charge in [-0.25, -0.2) is 0 Å². The molecule has 1 heterocycles. The van der Waals surface area contributed by atoms with Crippen molar-refractivity contribution in [1.29, 1.82) is 0 Å². The number of methoxy groups -OCH3 is 1. The largest absolute Gasteiger partial charge is 0.490 e. The maximum absolute atomic E-state index is 12.6. The highest BCUT2D eigenvalue weighted by Gasteiger charge is 2.25. The Labute approximate surface area is 141 Å². The van der Waals surface area contributed by atoms with Crippen molar-refractivity contribution < 1.29 is 14.5 Å². The third-order valence-corrected chi connectivity index (χ3v) is 3.92. The fraction of sp³-hybridized carbons (Fsp3) is 0.533. The molecule has 0 radical (unpaired) electrons. The zero-order valence-corrected chi connectivity index (χ0v) is 14.1. The number of carbonyl (C=O) groups excluding carboxylic acids is 1. The van der Waals surface area contributed by atoms with Crippen LogP contribution in [0.15, 0.2) is 18.2 Å². The molecule has 23 heavy (non-hydrogen) atoms. The number of amides is 1. The molecule has 2 rings (SSSR count). The summed E-state index contributed by atoms with van der Waals surface area (Å²) in [5, 5.41) is 14.0. The predicted molar refractivity (Wildman–Crippen MR) is 89.5 cm³/mol. The van der Waals surface area contributed by atoms with Crippen LogP contribution in [0.1, 0.15) is 23.2 Å². The minimum absolute atomic E-state index is 0. The summed E-state index contributed by atoms with van der Waals surface area (Å²) in [5.74, 6) is 0.455. The molecule has 128 valence electrons. The Morgan fingerprint density at radius 2 is 2.26 bits per heavy atom. The third kappa shape index (κ3) is 4.56. The monoisotopic (exact) mass is 343 g/mol. The van der Waals surface area contributed by atoms with Crippen molar-refractivity contribution in [1.82, 2.24) is 10.2 Å². The van der Waals surface area contributed by atoms with E-state index in [-0.39, 0.29) is 29.8 Å². The van der Waals surface area contributed by atoms with Gasteiger partial charge >= 0.3 is 5.69 Å². The predicted octanol–water partition coefficient (Wildman–Crippen LogP) is 2.10. The third-order valence-electron chi connectivity index (χ3n) is 3.92. The Morgan fingerprint density at radius 3 is 2.87 bits per heavy atom. The summed E-state index contributed by atoms with van der Waals surface area (Å²) in [6, 6.07) is 4.26. The van der Waals surface area contributed by atoms with E-state index in [4.69, 9.17) is 4.74 Å². The molecule has 8 heteroatoms. The van der Waals surface area contributed by atoms with Crippen LogP contribution in [0.2, 0.25) is 0 Å². The van der Waals surface area contributed by atoms with E-state index in [2.05, 4.69) is 5.32 Å². The minimum atomic E-state index is -0.517. The highest BCUT2D eigenvalue weighted by atomic mass is 35.5. The normalized spacial score (nSPS) is 17.3. The summed E-state index contributed by atoms with van der Waals surface area (Å²) in [4.78, 5) is 24.8. The Kier molecular flexibility index (Phi) is 7.25. The number of hydrogen-bond acceptors (Lipinski definition) is 5. The molecule has 1 aromatic carbocycles. The molecule has 1 atom stereocenters. The van der Waals surface area contributed by atoms with Crippen LogP contribution in [0.3, 0.4) is 0 Å². The number of nitrogens with zero attached hydrogens (tertiary/aromatic N) is 2. The highest BCUT2D eigenvalue weighted by Crippen LogP contribution is 2.28. The van der Waals surface area contributed by atoms with Gasteiger partial charge in [0.05, 0.1) is 12.0 Å². The van der Waals surface area contributed by atoms with Crippen molar-refractivity contribution in [2.24, 2.45) is 5.92 Å². The molecule has 1 unspecified atom stereocenters. The quantitative estimate of drug-likeness (QED) is 0.653. The van der Waals surface area contributed by atoms with Gasteiger partial charge in [-0.1, -0.05) is 0 Å². The van der Waals surface area contributed by atoms with E-state index in [1.165, 1.54) is 25.3 Å². The number of carbonyl (C=O) groups is 1. The van der Waals surface area contributed by atoms with Crippen molar-refractivity contribution in [3.63, 3.8) is 0 Å². The molecule has 0 aromatic heterocycles. The van der Waals surface area contributed by atoms with Crippen LogP contribution in [0.4, 0.5) is 5.69 Å². The van der Waals surface area contributed by atoms with E-state index in [1.807, 2.05) is 11.9 Å². The standard InChI is InChI=1S/C15H21N3O4.ClH/c1-16-9-11-4-3-7-17(10-11)15(19)12-5-6-13(18(20)21)14(8-12)22-2;/h5-6,8,11,16H,3-4,7,9-10H2,1-2H3;1H. The van der Waals surface area contributed by atoms with Crippen LogP contribution < -0.4 is 10.1 Å². The van der Waals surface area contributed by atoms with Gasteiger partial charge in [-0.2, -0.15) is 0 Å². The number of rotatable bonds is 5. The summed E-state index contributed by atoms with van der Waals surface area (Å²) < 4.78 is 5.02. The molecule has 0 saturated carbocycles. The van der Waals surface area contributed by atoms with Gasteiger partial charge in [0.15, 0.2) is 5.75 Å². The molecular formula is C15H22ClN3O4. The van der Waals surface area contributed by atoms with E-state index in [9.17, 15) is 14.9 Å². The summed E-state index contributed by atoms with van der Waals surface area (Å²) in [6.07, 6.45) is 2.08. The van der Waals surface area contributed by atoms with Gasteiger partial charge in [0.2, 0.25) is 0 Å². The summed E-state index contributed by atoms with van der Waals surface area (Å²) in [6.45, 7) is 2.31. The molecule has 1 amide bonds. The first-order valence-electron chi connectivity index (χ1n) is 7.33. The number of piperidine rings is 1. The van der Waals surface area contributed by atoms with E-state index in [1.54, 1.807) is 0 Å². The van der Waals surface area contributed by atoms with Crippen molar-refractivity contribution >= 4 is 24.0 Å². The number of likely N-dealkylation sites (tertiary alicyclic amines) is 1. The van der Waals surface area contributed by atoms with Gasteiger partial charge in [-0.05, 0) is 38.4 Å². The molecule has 0 bridgehead atoms. The second-order valence-electron chi connectivity index (χ2n) is 5.46. The molecule has 1 aromatic rings. The van der Waals surface area contributed by atoms with Crippen molar-refractivity contribution in [2.45, 2.75) is 12.8 Å².